The molecule has 0 saturated carbocycles. The summed E-state index contributed by atoms with van der Waals surface area (Å²) in [5.41, 5.74) is 5.88. The summed E-state index contributed by atoms with van der Waals surface area (Å²) in [6.45, 7) is 2.99. The molecule has 1 amide bonds. The zero-order valence-electron chi connectivity index (χ0n) is 9.24. The number of piperidine rings is 1. The average molecular weight is 211 g/mol. The minimum atomic E-state index is 0.215. The summed E-state index contributed by atoms with van der Waals surface area (Å²) in [6, 6.07) is 0.834. The van der Waals surface area contributed by atoms with E-state index in [-0.39, 0.29) is 5.91 Å². The zero-order valence-corrected chi connectivity index (χ0v) is 9.24. The summed E-state index contributed by atoms with van der Waals surface area (Å²) in [6.07, 6.45) is 5.10. The van der Waals surface area contributed by atoms with Crippen molar-refractivity contribution in [3.05, 3.63) is 0 Å². The molecule has 15 heavy (non-hydrogen) atoms. The van der Waals surface area contributed by atoms with Crippen LogP contribution in [0, 0.1) is 0 Å². The Hall–Kier alpha value is -0.610. The summed E-state index contributed by atoms with van der Waals surface area (Å²) >= 11 is 0. The number of amides is 1. The van der Waals surface area contributed by atoms with Crippen molar-refractivity contribution < 1.29 is 4.79 Å². The molecule has 3 N–H and O–H groups in total. The molecule has 0 bridgehead atoms. The highest BCUT2D eigenvalue weighted by Crippen LogP contribution is 2.18. The molecular formula is C11H21N3O. The number of nitrogens with zero attached hydrogens (tertiary/aromatic N) is 1. The molecule has 2 fully saturated rings. The predicted octanol–water partition coefficient (Wildman–Crippen LogP) is 0.0782. The lowest BCUT2D eigenvalue weighted by Crippen LogP contribution is -2.45. The van der Waals surface area contributed by atoms with Crippen molar-refractivity contribution in [2.75, 3.05) is 19.6 Å². The smallest absolute Gasteiger partial charge is 0.221 e. The number of rotatable bonds is 1. The highest BCUT2D eigenvalue weighted by atomic mass is 16.1. The number of likely N-dealkylation sites (tertiary alicyclic amines) is 1. The van der Waals surface area contributed by atoms with Gasteiger partial charge in [-0.05, 0) is 38.8 Å². The fourth-order valence-electron chi connectivity index (χ4n) is 2.55. The molecule has 1 unspecified atom stereocenters. The van der Waals surface area contributed by atoms with Gasteiger partial charge in [0.25, 0.3) is 0 Å². The van der Waals surface area contributed by atoms with Gasteiger partial charge in [-0.25, -0.2) is 0 Å². The Kier molecular flexibility index (Phi) is 3.59. The Morgan fingerprint density at radius 3 is 2.73 bits per heavy atom. The van der Waals surface area contributed by atoms with Crippen LogP contribution in [0.25, 0.3) is 0 Å². The quantitative estimate of drug-likeness (QED) is 0.645. The van der Waals surface area contributed by atoms with Gasteiger partial charge in [-0.3, -0.25) is 9.69 Å². The molecule has 2 rings (SSSR count). The molecule has 2 heterocycles. The second-order valence-electron chi connectivity index (χ2n) is 4.72. The summed E-state index contributed by atoms with van der Waals surface area (Å²) in [4.78, 5) is 13.9. The highest BCUT2D eigenvalue weighted by molar-refractivity contribution is 5.76. The molecule has 0 aromatic heterocycles. The van der Waals surface area contributed by atoms with Crippen LogP contribution in [0.15, 0.2) is 0 Å². The van der Waals surface area contributed by atoms with Gasteiger partial charge in [0.2, 0.25) is 5.91 Å². The first-order valence-corrected chi connectivity index (χ1v) is 6.02. The number of nitrogens with one attached hydrogen (secondary N) is 1. The number of carbonyl (C=O) groups is 1. The van der Waals surface area contributed by atoms with Crippen LogP contribution in [-0.2, 0) is 4.79 Å². The van der Waals surface area contributed by atoms with Crippen molar-refractivity contribution in [3.8, 4) is 0 Å². The van der Waals surface area contributed by atoms with E-state index in [1.54, 1.807) is 0 Å². The summed E-state index contributed by atoms with van der Waals surface area (Å²) < 4.78 is 0. The number of hydrogen-bond acceptors (Lipinski definition) is 3. The molecular weight excluding hydrogens is 190 g/mol. The van der Waals surface area contributed by atoms with Gasteiger partial charge < -0.3 is 11.1 Å². The monoisotopic (exact) mass is 211 g/mol. The first-order chi connectivity index (χ1) is 7.25. The van der Waals surface area contributed by atoms with Crippen LogP contribution >= 0.6 is 0 Å². The molecule has 0 aliphatic carbocycles. The van der Waals surface area contributed by atoms with Crippen LogP contribution in [0.3, 0.4) is 0 Å². The van der Waals surface area contributed by atoms with Crippen molar-refractivity contribution in [2.45, 2.75) is 44.2 Å². The Morgan fingerprint density at radius 1 is 1.27 bits per heavy atom. The van der Waals surface area contributed by atoms with E-state index in [1.165, 1.54) is 0 Å². The van der Waals surface area contributed by atoms with Gasteiger partial charge in [-0.2, -0.15) is 0 Å². The molecule has 2 saturated heterocycles. The molecule has 0 aromatic rings. The number of nitrogens with two attached hydrogens (primary N) is 1. The van der Waals surface area contributed by atoms with E-state index in [1.807, 2.05) is 0 Å². The van der Waals surface area contributed by atoms with Gasteiger partial charge in [0.15, 0.2) is 0 Å². The topological polar surface area (TPSA) is 58.4 Å². The van der Waals surface area contributed by atoms with Gasteiger partial charge in [0.1, 0.15) is 0 Å². The van der Waals surface area contributed by atoms with Crippen molar-refractivity contribution in [1.82, 2.24) is 10.2 Å². The van der Waals surface area contributed by atoms with E-state index in [4.69, 9.17) is 5.73 Å². The molecule has 2 aliphatic heterocycles. The maximum atomic E-state index is 11.4. The van der Waals surface area contributed by atoms with E-state index < -0.39 is 0 Å². The third kappa shape index (κ3) is 2.92. The molecule has 4 heteroatoms. The molecule has 1 atom stereocenters. The van der Waals surface area contributed by atoms with Crippen LogP contribution in [0.2, 0.25) is 0 Å². The van der Waals surface area contributed by atoms with Crippen molar-refractivity contribution >= 4 is 5.91 Å². The van der Waals surface area contributed by atoms with E-state index >= 15 is 0 Å². The van der Waals surface area contributed by atoms with Crippen LogP contribution in [0.1, 0.15) is 32.1 Å². The standard InChI is InChI=1S/C11H21N3O/c12-9-3-6-14(7-4-9)10-2-1-5-13-11(15)8-10/h9-10H,1-8,12H2,(H,13,15). The van der Waals surface area contributed by atoms with Gasteiger partial charge in [0, 0.05) is 25.0 Å². The summed E-state index contributed by atoms with van der Waals surface area (Å²) in [7, 11) is 0. The van der Waals surface area contributed by atoms with E-state index in [0.717, 1.165) is 45.3 Å². The molecule has 0 radical (unpaired) electrons. The van der Waals surface area contributed by atoms with E-state index in [9.17, 15) is 4.79 Å². The maximum absolute atomic E-state index is 11.4. The summed E-state index contributed by atoms with van der Waals surface area (Å²) in [5.74, 6) is 0.215. The highest BCUT2D eigenvalue weighted by Gasteiger charge is 2.26. The lowest BCUT2D eigenvalue weighted by atomic mass is 10.0. The first-order valence-electron chi connectivity index (χ1n) is 6.02. The largest absolute Gasteiger partial charge is 0.356 e. The van der Waals surface area contributed by atoms with E-state index in [2.05, 4.69) is 10.2 Å². The molecule has 0 spiro atoms. The number of carbonyl (C=O) groups excluding carboxylic acids is 1. The second-order valence-corrected chi connectivity index (χ2v) is 4.72. The molecule has 4 nitrogen and oxygen atoms in total. The normalized spacial score (nSPS) is 31.0. The Balaban J connectivity index is 1.88. The Bertz CT molecular complexity index is 224. The van der Waals surface area contributed by atoms with Crippen molar-refractivity contribution in [1.29, 1.82) is 0 Å². The Morgan fingerprint density at radius 2 is 2.00 bits per heavy atom. The van der Waals surface area contributed by atoms with Gasteiger partial charge in [-0.1, -0.05) is 0 Å². The summed E-state index contributed by atoms with van der Waals surface area (Å²) in [5, 5.41) is 2.93. The SMILES string of the molecule is NC1CCN(C2CCCNC(=O)C2)CC1. The van der Waals surface area contributed by atoms with Crippen molar-refractivity contribution in [3.63, 3.8) is 0 Å². The fourth-order valence-corrected chi connectivity index (χ4v) is 2.55. The van der Waals surface area contributed by atoms with Crippen molar-refractivity contribution in [2.24, 2.45) is 5.73 Å². The van der Waals surface area contributed by atoms with Crippen LogP contribution in [0.5, 0.6) is 0 Å². The van der Waals surface area contributed by atoms with Gasteiger partial charge in [0.05, 0.1) is 0 Å². The molecule has 2 aliphatic rings. The van der Waals surface area contributed by atoms with Gasteiger partial charge >= 0.3 is 0 Å². The average Bonchev–Trinajstić information content (AvgIpc) is 2.44. The first kappa shape index (κ1) is 10.9. The predicted molar refractivity (Wildman–Crippen MR) is 59.4 cm³/mol. The molecule has 86 valence electrons. The third-order valence-corrected chi connectivity index (χ3v) is 3.55. The van der Waals surface area contributed by atoms with E-state index in [0.29, 0.717) is 18.5 Å². The van der Waals surface area contributed by atoms with Crippen LogP contribution in [-0.4, -0.2) is 42.5 Å². The van der Waals surface area contributed by atoms with Gasteiger partial charge in [-0.15, -0.1) is 0 Å². The fraction of sp³-hybridized carbons (Fsp3) is 0.909. The lowest BCUT2D eigenvalue weighted by Gasteiger charge is -2.35. The minimum absolute atomic E-state index is 0.215. The zero-order chi connectivity index (χ0) is 10.7. The Labute approximate surface area is 91.2 Å². The molecule has 0 aromatic carbocycles. The van der Waals surface area contributed by atoms with Crippen LogP contribution in [0.4, 0.5) is 0 Å². The minimum Gasteiger partial charge on any atom is -0.356 e. The number of hydrogen-bond donors (Lipinski definition) is 2. The maximum Gasteiger partial charge on any atom is 0.221 e. The second kappa shape index (κ2) is 4.94. The third-order valence-electron chi connectivity index (χ3n) is 3.55. The van der Waals surface area contributed by atoms with Crippen LogP contribution < -0.4 is 11.1 Å². The lowest BCUT2D eigenvalue weighted by molar-refractivity contribution is -0.121.